The first-order valence-electron chi connectivity index (χ1n) is 7.96. The third-order valence-electron chi connectivity index (χ3n) is 4.48. The molecule has 1 aromatic heterocycles. The Kier molecular flexibility index (Phi) is 4.41. The topological polar surface area (TPSA) is 64.1 Å². The number of esters is 1. The molecule has 3 rings (SSSR count). The molecule has 0 bridgehead atoms. The van der Waals surface area contributed by atoms with Crippen LogP contribution in [0.3, 0.4) is 0 Å². The van der Waals surface area contributed by atoms with Crippen LogP contribution in [0.4, 0.5) is 10.2 Å². The van der Waals surface area contributed by atoms with E-state index >= 15 is 0 Å². The van der Waals surface area contributed by atoms with Gasteiger partial charge in [0.05, 0.1) is 12.0 Å². The number of hydrogen-bond acceptors (Lipinski definition) is 5. The van der Waals surface area contributed by atoms with Gasteiger partial charge in [0.25, 0.3) is 0 Å². The maximum absolute atomic E-state index is 13.8. The number of carbonyl (C=O) groups excluding carboxylic acids is 1. The molecule has 6 heteroatoms. The second kappa shape index (κ2) is 6.48. The maximum atomic E-state index is 13.8. The molecule has 0 atom stereocenters. The third-order valence-corrected chi connectivity index (χ3v) is 4.48. The highest BCUT2D eigenvalue weighted by Gasteiger charge is 2.42. The van der Waals surface area contributed by atoms with E-state index in [4.69, 9.17) is 4.74 Å². The van der Waals surface area contributed by atoms with Crippen molar-refractivity contribution in [3.63, 3.8) is 0 Å². The molecule has 0 unspecified atom stereocenters. The van der Waals surface area contributed by atoms with E-state index in [1.54, 1.807) is 12.1 Å². The summed E-state index contributed by atoms with van der Waals surface area (Å²) in [5.41, 5.74) is -0.234. The molecule has 1 aliphatic carbocycles. The fourth-order valence-corrected chi connectivity index (χ4v) is 3.23. The number of para-hydroxylation sites is 1. The van der Waals surface area contributed by atoms with Gasteiger partial charge in [-0.05, 0) is 31.9 Å². The van der Waals surface area contributed by atoms with Crippen LogP contribution in [0.5, 0.6) is 0 Å². The molecule has 1 heterocycles. The van der Waals surface area contributed by atoms with Crippen LogP contribution in [0.25, 0.3) is 10.9 Å². The number of anilines is 1. The van der Waals surface area contributed by atoms with Crippen molar-refractivity contribution in [2.24, 2.45) is 5.41 Å². The zero-order valence-corrected chi connectivity index (χ0v) is 13.1. The van der Waals surface area contributed by atoms with Gasteiger partial charge in [0.1, 0.15) is 23.5 Å². The van der Waals surface area contributed by atoms with Crippen LogP contribution in [0.15, 0.2) is 24.5 Å². The van der Waals surface area contributed by atoms with E-state index in [9.17, 15) is 9.18 Å². The summed E-state index contributed by atoms with van der Waals surface area (Å²) in [5, 5.41) is 3.83. The first-order chi connectivity index (χ1) is 11.2. The van der Waals surface area contributed by atoms with Crippen molar-refractivity contribution in [2.75, 3.05) is 18.5 Å². The molecule has 1 N–H and O–H groups in total. The van der Waals surface area contributed by atoms with Gasteiger partial charge in [0.15, 0.2) is 0 Å². The lowest BCUT2D eigenvalue weighted by Crippen LogP contribution is -2.37. The number of benzene rings is 1. The minimum Gasteiger partial charge on any atom is -0.466 e. The molecule has 1 saturated carbocycles. The number of halogens is 1. The summed E-state index contributed by atoms with van der Waals surface area (Å²) in [4.78, 5) is 20.5. The molecule has 0 aliphatic heterocycles. The van der Waals surface area contributed by atoms with E-state index in [2.05, 4.69) is 15.3 Å². The van der Waals surface area contributed by atoms with Gasteiger partial charge in [0.2, 0.25) is 0 Å². The fraction of sp³-hybridized carbons (Fsp3) is 0.471. The number of hydrogen-bond donors (Lipinski definition) is 1. The van der Waals surface area contributed by atoms with Crippen LogP contribution in [0.2, 0.25) is 0 Å². The van der Waals surface area contributed by atoms with Crippen molar-refractivity contribution in [1.82, 2.24) is 9.97 Å². The van der Waals surface area contributed by atoms with Crippen LogP contribution in [-0.4, -0.2) is 29.1 Å². The van der Waals surface area contributed by atoms with Crippen LogP contribution in [-0.2, 0) is 9.53 Å². The summed E-state index contributed by atoms with van der Waals surface area (Å²) in [7, 11) is 0. The van der Waals surface area contributed by atoms with Gasteiger partial charge in [-0.2, -0.15) is 0 Å². The summed E-state index contributed by atoms with van der Waals surface area (Å²) in [6, 6.07) is 4.77. The summed E-state index contributed by atoms with van der Waals surface area (Å²) in [6.45, 7) is 2.63. The molecule has 1 fully saturated rings. The summed E-state index contributed by atoms with van der Waals surface area (Å²) < 4.78 is 19.1. The van der Waals surface area contributed by atoms with E-state index < -0.39 is 5.41 Å². The highest BCUT2D eigenvalue weighted by molar-refractivity contribution is 5.89. The lowest BCUT2D eigenvalue weighted by Gasteiger charge is -2.27. The average Bonchev–Trinajstić information content (AvgIpc) is 3.04. The molecule has 23 heavy (non-hydrogen) atoms. The Morgan fingerprint density at radius 1 is 1.35 bits per heavy atom. The minimum atomic E-state index is -0.513. The molecule has 5 nitrogen and oxygen atoms in total. The summed E-state index contributed by atoms with van der Waals surface area (Å²) in [6.07, 6.45) is 4.96. The zero-order valence-electron chi connectivity index (χ0n) is 13.1. The largest absolute Gasteiger partial charge is 0.466 e. The van der Waals surface area contributed by atoms with Crippen LogP contribution >= 0.6 is 0 Å². The van der Waals surface area contributed by atoms with E-state index in [0.29, 0.717) is 24.4 Å². The van der Waals surface area contributed by atoms with Crippen LogP contribution in [0, 0.1) is 11.2 Å². The van der Waals surface area contributed by atoms with Crippen molar-refractivity contribution < 1.29 is 13.9 Å². The van der Waals surface area contributed by atoms with Gasteiger partial charge in [-0.25, -0.2) is 14.4 Å². The number of nitrogens with zero attached hydrogens (tertiary/aromatic N) is 2. The van der Waals surface area contributed by atoms with Crippen molar-refractivity contribution in [3.05, 3.63) is 30.3 Å². The van der Waals surface area contributed by atoms with Gasteiger partial charge in [-0.3, -0.25) is 4.79 Å². The van der Waals surface area contributed by atoms with Crippen molar-refractivity contribution in [1.29, 1.82) is 0 Å². The van der Waals surface area contributed by atoms with Gasteiger partial charge in [-0.1, -0.05) is 18.9 Å². The van der Waals surface area contributed by atoms with E-state index in [0.717, 1.165) is 25.7 Å². The third kappa shape index (κ3) is 2.98. The molecule has 0 saturated heterocycles. The van der Waals surface area contributed by atoms with E-state index in [1.807, 2.05) is 6.92 Å². The second-order valence-corrected chi connectivity index (χ2v) is 5.92. The van der Waals surface area contributed by atoms with Gasteiger partial charge >= 0.3 is 5.97 Å². The van der Waals surface area contributed by atoms with Gasteiger partial charge < -0.3 is 10.1 Å². The minimum absolute atomic E-state index is 0.158. The SMILES string of the molecule is CCOC(=O)C1(CNc2ncnc3c(F)cccc23)CCCC1. The monoisotopic (exact) mass is 317 g/mol. The first kappa shape index (κ1) is 15.6. The molecule has 0 radical (unpaired) electrons. The van der Waals surface area contributed by atoms with Crippen molar-refractivity contribution >= 4 is 22.7 Å². The highest BCUT2D eigenvalue weighted by Crippen LogP contribution is 2.39. The molecule has 2 aromatic rings. The number of carbonyl (C=O) groups is 1. The Labute approximate surface area is 134 Å². The Bertz CT molecular complexity index is 714. The Balaban J connectivity index is 1.84. The molecule has 0 spiro atoms. The fourth-order valence-electron chi connectivity index (χ4n) is 3.23. The molecule has 0 amide bonds. The van der Waals surface area contributed by atoms with Gasteiger partial charge in [0, 0.05) is 11.9 Å². The van der Waals surface area contributed by atoms with Crippen LogP contribution < -0.4 is 5.32 Å². The Hall–Kier alpha value is -2.24. The summed E-state index contributed by atoms with van der Waals surface area (Å²) in [5.74, 6) is 0.00791. The zero-order chi connectivity index (χ0) is 16.3. The predicted molar refractivity (Wildman–Crippen MR) is 85.5 cm³/mol. The van der Waals surface area contributed by atoms with Gasteiger partial charge in [-0.15, -0.1) is 0 Å². The van der Waals surface area contributed by atoms with Crippen molar-refractivity contribution in [2.45, 2.75) is 32.6 Å². The van der Waals surface area contributed by atoms with E-state index in [-0.39, 0.29) is 17.3 Å². The van der Waals surface area contributed by atoms with E-state index in [1.165, 1.54) is 12.4 Å². The number of ether oxygens (including phenoxy) is 1. The second-order valence-electron chi connectivity index (χ2n) is 5.92. The lowest BCUT2D eigenvalue weighted by atomic mass is 9.86. The standard InChI is InChI=1S/C17H20FN3O2/c1-2-23-16(22)17(8-3-4-9-17)10-19-15-12-6-5-7-13(18)14(12)20-11-21-15/h5-7,11H,2-4,8-10H2,1H3,(H,19,20,21). The molecule has 122 valence electrons. The smallest absolute Gasteiger partial charge is 0.313 e. The number of aromatic nitrogens is 2. The molecular formula is C17H20FN3O2. The summed E-state index contributed by atoms with van der Waals surface area (Å²) >= 11 is 0. The quantitative estimate of drug-likeness (QED) is 0.857. The number of nitrogens with one attached hydrogen (secondary N) is 1. The molecule has 1 aliphatic rings. The maximum Gasteiger partial charge on any atom is 0.313 e. The number of rotatable bonds is 5. The predicted octanol–water partition coefficient (Wildman–Crippen LogP) is 3.30. The highest BCUT2D eigenvalue weighted by atomic mass is 19.1. The normalized spacial score (nSPS) is 16.4. The van der Waals surface area contributed by atoms with Crippen LogP contribution in [0.1, 0.15) is 32.6 Å². The molecular weight excluding hydrogens is 297 g/mol. The Morgan fingerprint density at radius 2 is 2.13 bits per heavy atom. The average molecular weight is 317 g/mol. The number of fused-ring (bicyclic) bond motifs is 1. The van der Waals surface area contributed by atoms with Crippen molar-refractivity contribution in [3.8, 4) is 0 Å². The Morgan fingerprint density at radius 3 is 2.87 bits per heavy atom. The first-order valence-corrected chi connectivity index (χ1v) is 7.96. The molecule has 1 aromatic carbocycles. The lowest BCUT2D eigenvalue weighted by molar-refractivity contribution is -0.154.